The molecule has 1 aromatic carbocycles. The normalized spacial score (nSPS) is 15.9. The number of carboxylic acid groups (broad SMARTS) is 1. The monoisotopic (exact) mass is 381 g/mol. The van der Waals surface area contributed by atoms with Crippen LogP contribution in [-0.2, 0) is 4.79 Å². The lowest BCUT2D eigenvalue weighted by atomic mass is 9.92. The first kappa shape index (κ1) is 20.4. The first-order valence-corrected chi connectivity index (χ1v) is 10.2. The smallest absolute Gasteiger partial charge is 0.329 e. The molecule has 1 fully saturated rings. The summed E-state index contributed by atoms with van der Waals surface area (Å²) in [6.45, 7) is 5.10. The van der Waals surface area contributed by atoms with Gasteiger partial charge in [0.05, 0.1) is 13.2 Å². The van der Waals surface area contributed by atoms with Crippen molar-refractivity contribution in [3.63, 3.8) is 0 Å². The van der Waals surface area contributed by atoms with E-state index in [2.05, 4.69) is 5.32 Å². The Labute approximate surface area is 158 Å². The standard InChI is InChI=1S/C19H27NO5S/c1-3-9-24-15-6-5-14(13-16(15)25-10-4-2)17(21)20-19(18(22)23)7-11-26-12-8-19/h5-6,13H,3-4,7-12H2,1-2H3,(H,20,21)(H,22,23). The van der Waals surface area contributed by atoms with E-state index in [1.165, 1.54) is 0 Å². The van der Waals surface area contributed by atoms with E-state index in [0.717, 1.165) is 24.3 Å². The summed E-state index contributed by atoms with van der Waals surface area (Å²) in [6, 6.07) is 4.98. The zero-order chi connectivity index (χ0) is 19.0. The topological polar surface area (TPSA) is 84.9 Å². The molecule has 0 saturated carbocycles. The number of hydrogen-bond acceptors (Lipinski definition) is 5. The predicted molar refractivity (Wildman–Crippen MR) is 102 cm³/mol. The van der Waals surface area contributed by atoms with Crippen molar-refractivity contribution in [2.24, 2.45) is 0 Å². The van der Waals surface area contributed by atoms with Crippen LogP contribution in [0.1, 0.15) is 49.9 Å². The number of aliphatic carboxylic acids is 1. The maximum atomic E-state index is 12.7. The highest BCUT2D eigenvalue weighted by atomic mass is 32.2. The summed E-state index contributed by atoms with van der Waals surface area (Å²) in [5.41, 5.74) is -0.816. The van der Waals surface area contributed by atoms with E-state index in [0.29, 0.717) is 43.1 Å². The Balaban J connectivity index is 2.20. The number of rotatable bonds is 9. The van der Waals surface area contributed by atoms with Gasteiger partial charge in [-0.1, -0.05) is 13.8 Å². The van der Waals surface area contributed by atoms with E-state index < -0.39 is 17.4 Å². The summed E-state index contributed by atoms with van der Waals surface area (Å²) >= 11 is 1.71. The fourth-order valence-electron chi connectivity index (χ4n) is 2.71. The minimum Gasteiger partial charge on any atom is -0.490 e. The lowest BCUT2D eigenvalue weighted by molar-refractivity contribution is -0.144. The summed E-state index contributed by atoms with van der Waals surface area (Å²) < 4.78 is 11.4. The summed E-state index contributed by atoms with van der Waals surface area (Å²) in [4.78, 5) is 24.5. The first-order valence-electron chi connectivity index (χ1n) is 9.05. The summed E-state index contributed by atoms with van der Waals surface area (Å²) in [7, 11) is 0. The van der Waals surface area contributed by atoms with Crippen LogP contribution in [-0.4, -0.2) is 47.2 Å². The average molecular weight is 381 g/mol. The largest absolute Gasteiger partial charge is 0.490 e. The molecule has 0 aromatic heterocycles. The van der Waals surface area contributed by atoms with Gasteiger partial charge in [-0.05, 0) is 55.4 Å². The summed E-state index contributed by atoms with van der Waals surface area (Å²) in [6.07, 6.45) is 2.56. The maximum absolute atomic E-state index is 12.7. The Hall–Kier alpha value is -1.89. The van der Waals surface area contributed by atoms with Crippen LogP contribution in [0.25, 0.3) is 0 Å². The van der Waals surface area contributed by atoms with Crippen LogP contribution in [0.2, 0.25) is 0 Å². The van der Waals surface area contributed by atoms with Crippen LogP contribution in [0.3, 0.4) is 0 Å². The van der Waals surface area contributed by atoms with Gasteiger partial charge in [-0.25, -0.2) is 4.79 Å². The number of carbonyl (C=O) groups is 2. The highest BCUT2D eigenvalue weighted by Gasteiger charge is 2.41. The number of thioether (sulfide) groups is 1. The number of ether oxygens (including phenoxy) is 2. The molecular weight excluding hydrogens is 354 g/mol. The molecule has 0 radical (unpaired) electrons. The third kappa shape index (κ3) is 5.06. The van der Waals surface area contributed by atoms with Gasteiger partial charge in [0.1, 0.15) is 5.54 Å². The second-order valence-corrected chi connectivity index (χ2v) is 7.54. The second kappa shape index (κ2) is 9.71. The lowest BCUT2D eigenvalue weighted by Crippen LogP contribution is -2.56. The second-order valence-electron chi connectivity index (χ2n) is 6.31. The molecule has 0 atom stereocenters. The third-order valence-electron chi connectivity index (χ3n) is 4.24. The fraction of sp³-hybridized carbons (Fsp3) is 0.579. The van der Waals surface area contributed by atoms with Crippen molar-refractivity contribution in [1.29, 1.82) is 0 Å². The first-order chi connectivity index (χ1) is 12.5. The third-order valence-corrected chi connectivity index (χ3v) is 5.22. The van der Waals surface area contributed by atoms with Gasteiger partial charge in [-0.15, -0.1) is 0 Å². The molecule has 1 aliphatic rings. The van der Waals surface area contributed by atoms with Crippen LogP contribution in [0.15, 0.2) is 18.2 Å². The molecule has 0 bridgehead atoms. The molecule has 26 heavy (non-hydrogen) atoms. The number of amides is 1. The van der Waals surface area contributed by atoms with Crippen LogP contribution in [0.5, 0.6) is 11.5 Å². The van der Waals surface area contributed by atoms with E-state index in [9.17, 15) is 14.7 Å². The molecule has 1 heterocycles. The number of carboxylic acids is 1. The fourth-order valence-corrected chi connectivity index (χ4v) is 3.90. The molecule has 1 aromatic rings. The molecule has 7 heteroatoms. The van der Waals surface area contributed by atoms with Crippen LogP contribution in [0, 0.1) is 0 Å². The molecule has 0 aliphatic carbocycles. The number of hydrogen-bond donors (Lipinski definition) is 2. The summed E-state index contributed by atoms with van der Waals surface area (Å²) in [5.74, 6) is 1.18. The summed E-state index contributed by atoms with van der Waals surface area (Å²) in [5, 5.41) is 12.4. The highest BCUT2D eigenvalue weighted by molar-refractivity contribution is 7.99. The van der Waals surface area contributed by atoms with E-state index in [1.54, 1.807) is 30.0 Å². The molecule has 144 valence electrons. The van der Waals surface area contributed by atoms with E-state index >= 15 is 0 Å². The van der Waals surface area contributed by atoms with E-state index in [-0.39, 0.29) is 0 Å². The number of carbonyl (C=O) groups excluding carboxylic acids is 1. The molecule has 6 nitrogen and oxygen atoms in total. The number of nitrogens with one attached hydrogen (secondary N) is 1. The molecule has 2 rings (SSSR count). The van der Waals surface area contributed by atoms with Gasteiger partial charge in [0.15, 0.2) is 11.5 Å². The van der Waals surface area contributed by atoms with Crippen molar-refractivity contribution in [3.8, 4) is 11.5 Å². The molecular formula is C19H27NO5S. The van der Waals surface area contributed by atoms with E-state index in [4.69, 9.17) is 9.47 Å². The van der Waals surface area contributed by atoms with Gasteiger partial charge < -0.3 is 19.9 Å². The molecule has 1 saturated heterocycles. The Bertz CT molecular complexity index is 628. The van der Waals surface area contributed by atoms with Crippen molar-refractivity contribution in [2.45, 2.75) is 45.1 Å². The van der Waals surface area contributed by atoms with Crippen molar-refractivity contribution in [1.82, 2.24) is 5.32 Å². The van der Waals surface area contributed by atoms with Gasteiger partial charge in [0.2, 0.25) is 0 Å². The van der Waals surface area contributed by atoms with Crippen LogP contribution >= 0.6 is 11.8 Å². The van der Waals surface area contributed by atoms with Crippen molar-refractivity contribution in [2.75, 3.05) is 24.7 Å². The van der Waals surface area contributed by atoms with Crippen molar-refractivity contribution < 1.29 is 24.2 Å². The molecule has 1 aliphatic heterocycles. The Morgan fingerprint density at radius 2 is 1.73 bits per heavy atom. The minimum atomic E-state index is -1.19. The van der Waals surface area contributed by atoms with Gasteiger partial charge in [0, 0.05) is 5.56 Å². The molecule has 1 amide bonds. The van der Waals surface area contributed by atoms with Gasteiger partial charge in [0.25, 0.3) is 5.91 Å². The Morgan fingerprint density at radius 1 is 1.12 bits per heavy atom. The quantitative estimate of drug-likeness (QED) is 0.682. The molecule has 2 N–H and O–H groups in total. The lowest BCUT2D eigenvalue weighted by Gasteiger charge is -2.33. The number of benzene rings is 1. The Morgan fingerprint density at radius 3 is 2.31 bits per heavy atom. The Kier molecular flexibility index (Phi) is 7.63. The van der Waals surface area contributed by atoms with Crippen LogP contribution < -0.4 is 14.8 Å². The predicted octanol–water partition coefficient (Wildman–Crippen LogP) is 3.34. The zero-order valence-corrected chi connectivity index (χ0v) is 16.2. The average Bonchev–Trinajstić information content (AvgIpc) is 2.65. The van der Waals surface area contributed by atoms with Gasteiger partial charge >= 0.3 is 5.97 Å². The van der Waals surface area contributed by atoms with Crippen molar-refractivity contribution in [3.05, 3.63) is 23.8 Å². The SMILES string of the molecule is CCCOc1ccc(C(=O)NC2(C(=O)O)CCSCC2)cc1OCCC. The highest BCUT2D eigenvalue weighted by Crippen LogP contribution is 2.31. The maximum Gasteiger partial charge on any atom is 0.329 e. The van der Waals surface area contributed by atoms with Crippen LogP contribution in [0.4, 0.5) is 0 Å². The minimum absolute atomic E-state index is 0.374. The van der Waals surface area contributed by atoms with Gasteiger partial charge in [-0.3, -0.25) is 4.79 Å². The van der Waals surface area contributed by atoms with Crippen molar-refractivity contribution >= 4 is 23.6 Å². The van der Waals surface area contributed by atoms with Gasteiger partial charge in [-0.2, -0.15) is 11.8 Å². The molecule has 0 spiro atoms. The molecule has 0 unspecified atom stereocenters. The zero-order valence-electron chi connectivity index (χ0n) is 15.4. The van der Waals surface area contributed by atoms with E-state index in [1.807, 2.05) is 13.8 Å².